The van der Waals surface area contributed by atoms with Crippen molar-refractivity contribution in [2.45, 2.75) is 26.6 Å². The summed E-state index contributed by atoms with van der Waals surface area (Å²) in [6.45, 7) is 9.05. The van der Waals surface area contributed by atoms with E-state index >= 15 is 0 Å². The van der Waals surface area contributed by atoms with Crippen LogP contribution in [0.2, 0.25) is 19.6 Å². The zero-order valence-corrected chi connectivity index (χ0v) is 34.9. The summed E-state index contributed by atoms with van der Waals surface area (Å²) in [4.78, 5) is 14.7. The van der Waals surface area contributed by atoms with Gasteiger partial charge in [-0.3, -0.25) is 9.97 Å². The van der Waals surface area contributed by atoms with Gasteiger partial charge in [-0.2, -0.15) is 0 Å². The van der Waals surface area contributed by atoms with Gasteiger partial charge in [0.2, 0.25) is 0 Å². The molecule has 0 N–H and O–H groups in total. The molecule has 0 atom stereocenters. The number of benzene rings is 6. The number of hydrogen-bond donors (Lipinski definition) is 0. The van der Waals surface area contributed by atoms with Crippen molar-refractivity contribution in [3.05, 3.63) is 176 Å². The van der Waals surface area contributed by atoms with E-state index in [1.807, 2.05) is 72.9 Å². The van der Waals surface area contributed by atoms with Crippen LogP contribution >= 0.6 is 0 Å². The molecule has 0 fully saturated rings. The second-order valence-corrected chi connectivity index (χ2v) is 19.8. The summed E-state index contributed by atoms with van der Waals surface area (Å²) in [5, 5.41) is 5.79. The van der Waals surface area contributed by atoms with Crippen molar-refractivity contribution < 1.29 is 24.5 Å². The molecule has 7 heteroatoms. The number of para-hydroxylation sites is 1. The number of aromatic nitrogens is 4. The molecular formula is C49H38IrN4OSi-2. The molecule has 56 heavy (non-hydrogen) atoms. The number of fused-ring (bicyclic) bond motifs is 6. The van der Waals surface area contributed by atoms with E-state index in [0.717, 1.165) is 89.0 Å². The van der Waals surface area contributed by atoms with Crippen LogP contribution in [0, 0.1) is 19.1 Å². The van der Waals surface area contributed by atoms with Gasteiger partial charge in [-0.25, -0.2) is 0 Å². The van der Waals surface area contributed by atoms with E-state index in [9.17, 15) is 0 Å². The number of imidazole rings is 1. The molecule has 6 aromatic carbocycles. The largest absolute Gasteiger partial charge is 0.500 e. The average Bonchev–Trinajstić information content (AvgIpc) is 3.82. The summed E-state index contributed by atoms with van der Waals surface area (Å²) in [6, 6.07) is 58.2. The molecule has 0 bridgehead atoms. The third-order valence-corrected chi connectivity index (χ3v) is 12.1. The predicted molar refractivity (Wildman–Crippen MR) is 230 cm³/mol. The van der Waals surface area contributed by atoms with Crippen LogP contribution in [0.4, 0.5) is 0 Å². The van der Waals surface area contributed by atoms with Gasteiger partial charge in [-0.1, -0.05) is 128 Å². The molecule has 0 aliphatic rings. The molecule has 0 amide bonds. The first kappa shape index (κ1) is 37.0. The molecular weight excluding hydrogens is 881 g/mol. The Morgan fingerprint density at radius 2 is 1.36 bits per heavy atom. The van der Waals surface area contributed by atoms with Crippen LogP contribution in [0.15, 0.2) is 162 Å². The van der Waals surface area contributed by atoms with Gasteiger partial charge < -0.3 is 14.0 Å². The molecule has 0 saturated carbocycles. The Balaban J connectivity index is 0.000000219. The second-order valence-electron chi connectivity index (χ2n) is 14.8. The number of aryl methyl sites for hydroxylation is 1. The first-order chi connectivity index (χ1) is 26.8. The number of pyridine rings is 2. The topological polar surface area (TPSA) is 56.7 Å². The maximum Gasteiger partial charge on any atom is 0.128 e. The van der Waals surface area contributed by atoms with Gasteiger partial charge in [0.05, 0.1) is 41.9 Å². The van der Waals surface area contributed by atoms with Gasteiger partial charge in [-0.15, -0.1) is 54.1 Å². The molecule has 10 rings (SSSR count). The van der Waals surface area contributed by atoms with E-state index in [1.165, 1.54) is 5.19 Å². The second kappa shape index (κ2) is 15.3. The summed E-state index contributed by atoms with van der Waals surface area (Å²) in [5.41, 5.74) is 10.3. The van der Waals surface area contributed by atoms with Gasteiger partial charge in [0.15, 0.2) is 0 Å². The maximum atomic E-state index is 6.66. The predicted octanol–water partition coefficient (Wildman–Crippen LogP) is 12.0. The molecule has 0 aliphatic carbocycles. The first-order valence-corrected chi connectivity index (χ1v) is 22.0. The minimum Gasteiger partial charge on any atom is -0.500 e. The van der Waals surface area contributed by atoms with Gasteiger partial charge in [0.1, 0.15) is 5.58 Å². The van der Waals surface area contributed by atoms with Crippen molar-refractivity contribution >= 4 is 57.0 Å². The summed E-state index contributed by atoms with van der Waals surface area (Å²) in [7, 11) is -1.23. The molecule has 0 aliphatic heterocycles. The molecule has 4 aromatic heterocycles. The minimum absolute atomic E-state index is 0. The Bertz CT molecular complexity index is 2950. The van der Waals surface area contributed by atoms with Gasteiger partial charge in [-0.05, 0) is 41.4 Å². The van der Waals surface area contributed by atoms with E-state index in [-0.39, 0.29) is 20.1 Å². The normalized spacial score (nSPS) is 11.4. The monoisotopic (exact) mass is 919 g/mol. The van der Waals surface area contributed by atoms with Crippen molar-refractivity contribution in [3.63, 3.8) is 0 Å². The Hall–Kier alpha value is -5.98. The van der Waals surface area contributed by atoms with Crippen LogP contribution in [0.3, 0.4) is 0 Å². The molecule has 0 unspecified atom stereocenters. The van der Waals surface area contributed by atoms with Crippen molar-refractivity contribution in [2.75, 3.05) is 0 Å². The fourth-order valence-electron chi connectivity index (χ4n) is 7.22. The van der Waals surface area contributed by atoms with Crippen LogP contribution in [0.5, 0.6) is 0 Å². The molecule has 275 valence electrons. The quantitative estimate of drug-likeness (QED) is 0.127. The van der Waals surface area contributed by atoms with Gasteiger partial charge >= 0.3 is 0 Å². The van der Waals surface area contributed by atoms with E-state index < -0.39 is 8.07 Å². The zero-order valence-electron chi connectivity index (χ0n) is 31.5. The third-order valence-electron chi connectivity index (χ3n) is 10.1. The smallest absolute Gasteiger partial charge is 0.128 e. The van der Waals surface area contributed by atoms with Crippen molar-refractivity contribution in [3.8, 4) is 39.6 Å². The van der Waals surface area contributed by atoms with Crippen molar-refractivity contribution in [1.82, 2.24) is 19.5 Å². The first-order valence-electron chi connectivity index (χ1n) is 18.5. The Morgan fingerprint density at radius 1 is 0.625 bits per heavy atom. The minimum atomic E-state index is -1.23. The zero-order chi connectivity index (χ0) is 37.5. The molecule has 10 aromatic rings. The summed E-state index contributed by atoms with van der Waals surface area (Å²) in [5.74, 6) is 0.778. The standard InChI is InChI=1S/C35H22N3O.C14H16NSi.Ir/c1-22-32-31(21-30(36-22)24-12-4-2-5-13-24)37-35(38(32)25-14-6-3-7-15-25)29-18-10-17-27-28-20-19-23-11-8-9-16-26(23)33(28)39-34(27)29;1-16(2,3)13-9-10-14(15-11-13)12-7-5-4-6-8-12;/h2-17,19-21H,1H3;4-7,9-11H,1-3H3;/q2*-1;. The van der Waals surface area contributed by atoms with Crippen LogP contribution in [0.1, 0.15) is 5.69 Å². The Kier molecular flexibility index (Phi) is 10.1. The number of hydrogen-bond acceptors (Lipinski definition) is 4. The maximum absolute atomic E-state index is 6.66. The Labute approximate surface area is 341 Å². The Morgan fingerprint density at radius 3 is 2.09 bits per heavy atom. The number of furan rings is 1. The van der Waals surface area contributed by atoms with E-state index in [1.54, 1.807) is 0 Å². The van der Waals surface area contributed by atoms with Gasteiger partial charge in [0, 0.05) is 48.3 Å². The fraction of sp³-hybridized carbons (Fsp3) is 0.0816. The summed E-state index contributed by atoms with van der Waals surface area (Å²) < 4.78 is 8.84. The SMILES string of the molecule is C[Si](C)(C)c1ccc(-c2[c-]cccc2)nc1.Cc1nc(-c2ccccc2)cc2nc(-c3[c-]ccc4c3oc3c5ccccc5ccc43)n(-c3ccccc3)c12.[Ir]. The van der Waals surface area contributed by atoms with Crippen molar-refractivity contribution in [2.24, 2.45) is 0 Å². The summed E-state index contributed by atoms with van der Waals surface area (Å²) in [6.07, 6.45) is 2.02. The molecule has 5 nitrogen and oxygen atoms in total. The molecule has 1 radical (unpaired) electrons. The average molecular weight is 919 g/mol. The van der Waals surface area contributed by atoms with E-state index in [4.69, 9.17) is 14.4 Å². The van der Waals surface area contributed by atoms with Crippen LogP contribution < -0.4 is 5.19 Å². The number of rotatable bonds is 5. The van der Waals surface area contributed by atoms with Crippen LogP contribution in [-0.2, 0) is 20.1 Å². The molecule has 4 heterocycles. The van der Waals surface area contributed by atoms with E-state index in [2.05, 4.69) is 133 Å². The fourth-order valence-corrected chi connectivity index (χ4v) is 8.25. The summed E-state index contributed by atoms with van der Waals surface area (Å²) >= 11 is 0. The molecule has 0 saturated heterocycles. The van der Waals surface area contributed by atoms with Crippen molar-refractivity contribution in [1.29, 1.82) is 0 Å². The van der Waals surface area contributed by atoms with Gasteiger partial charge in [0.25, 0.3) is 0 Å². The van der Waals surface area contributed by atoms with Crippen LogP contribution in [-0.4, -0.2) is 27.6 Å². The van der Waals surface area contributed by atoms with E-state index in [0.29, 0.717) is 0 Å². The third kappa shape index (κ3) is 6.90. The van der Waals surface area contributed by atoms with Crippen LogP contribution in [0.25, 0.3) is 83.3 Å². The number of nitrogens with zero attached hydrogens (tertiary/aromatic N) is 4. The molecule has 0 spiro atoms.